The van der Waals surface area contributed by atoms with Crippen LogP contribution >= 0.6 is 0 Å². The van der Waals surface area contributed by atoms with Crippen molar-refractivity contribution in [1.29, 1.82) is 0 Å². The molecular formula is C14H21NO3. The molecule has 1 aliphatic carbocycles. The second-order valence-corrected chi connectivity index (χ2v) is 5.42. The van der Waals surface area contributed by atoms with Gasteiger partial charge in [0.05, 0.1) is 17.9 Å². The van der Waals surface area contributed by atoms with E-state index in [1.165, 1.54) is 0 Å². The number of aryl methyl sites for hydroxylation is 1. The second-order valence-electron chi connectivity index (χ2n) is 5.42. The monoisotopic (exact) mass is 251 g/mol. The van der Waals surface area contributed by atoms with Crippen LogP contribution in [0.25, 0.3) is 0 Å². The van der Waals surface area contributed by atoms with Gasteiger partial charge in [0.15, 0.2) is 0 Å². The summed E-state index contributed by atoms with van der Waals surface area (Å²) in [6, 6.07) is 1.87. The van der Waals surface area contributed by atoms with Gasteiger partial charge in [0.1, 0.15) is 5.76 Å². The van der Waals surface area contributed by atoms with E-state index < -0.39 is 0 Å². The standard InChI is InChI=1S/C14H21NO3/c1-5-17-12-8-11(14(12,3)4)15-13(16)10-6-7-18-9(10)2/h6-7,11-12H,5,8H2,1-4H3,(H,15,16)/t11-,12-/m1/s1. The Morgan fingerprint density at radius 3 is 2.83 bits per heavy atom. The van der Waals surface area contributed by atoms with Crippen molar-refractivity contribution in [1.82, 2.24) is 5.32 Å². The fraction of sp³-hybridized carbons (Fsp3) is 0.643. The molecule has 1 saturated carbocycles. The van der Waals surface area contributed by atoms with Gasteiger partial charge in [-0.15, -0.1) is 0 Å². The van der Waals surface area contributed by atoms with Gasteiger partial charge in [0.25, 0.3) is 5.91 Å². The van der Waals surface area contributed by atoms with E-state index in [0.29, 0.717) is 11.3 Å². The van der Waals surface area contributed by atoms with Crippen LogP contribution in [0.3, 0.4) is 0 Å². The lowest BCUT2D eigenvalue weighted by atomic mass is 9.64. The van der Waals surface area contributed by atoms with E-state index in [0.717, 1.165) is 13.0 Å². The van der Waals surface area contributed by atoms with Gasteiger partial charge in [-0.2, -0.15) is 0 Å². The molecule has 1 aromatic heterocycles. The van der Waals surface area contributed by atoms with Crippen LogP contribution < -0.4 is 5.32 Å². The van der Waals surface area contributed by atoms with E-state index in [2.05, 4.69) is 19.2 Å². The first-order valence-electron chi connectivity index (χ1n) is 6.43. The quantitative estimate of drug-likeness (QED) is 0.894. The Morgan fingerprint density at radius 1 is 1.61 bits per heavy atom. The summed E-state index contributed by atoms with van der Waals surface area (Å²) in [6.07, 6.45) is 2.65. The van der Waals surface area contributed by atoms with Crippen LogP contribution in [0.5, 0.6) is 0 Å². The second kappa shape index (κ2) is 4.76. The minimum absolute atomic E-state index is 0.0106. The van der Waals surface area contributed by atoms with Crippen LogP contribution in [0, 0.1) is 12.3 Å². The summed E-state index contributed by atoms with van der Waals surface area (Å²) in [7, 11) is 0. The number of rotatable bonds is 4. The lowest BCUT2D eigenvalue weighted by Gasteiger charge is -2.51. The number of furan rings is 1. The highest BCUT2D eigenvalue weighted by atomic mass is 16.5. The molecule has 0 bridgehead atoms. The Hall–Kier alpha value is -1.29. The van der Waals surface area contributed by atoms with Gasteiger partial charge in [-0.25, -0.2) is 0 Å². The molecule has 0 aliphatic heterocycles. The molecule has 1 heterocycles. The maximum Gasteiger partial charge on any atom is 0.255 e. The molecule has 0 aromatic carbocycles. The minimum atomic E-state index is -0.0609. The molecule has 1 aliphatic rings. The van der Waals surface area contributed by atoms with Crippen LogP contribution in [0.2, 0.25) is 0 Å². The largest absolute Gasteiger partial charge is 0.469 e. The first-order chi connectivity index (χ1) is 8.46. The van der Waals surface area contributed by atoms with E-state index >= 15 is 0 Å². The average molecular weight is 251 g/mol. The Labute approximate surface area is 108 Å². The van der Waals surface area contributed by atoms with Crippen molar-refractivity contribution < 1.29 is 13.9 Å². The molecule has 0 spiro atoms. The Morgan fingerprint density at radius 2 is 2.33 bits per heavy atom. The van der Waals surface area contributed by atoms with Gasteiger partial charge in [0, 0.05) is 18.1 Å². The number of hydrogen-bond donors (Lipinski definition) is 1. The normalized spacial score (nSPS) is 25.6. The first kappa shape index (κ1) is 13.1. The predicted molar refractivity (Wildman–Crippen MR) is 68.5 cm³/mol. The van der Waals surface area contributed by atoms with Gasteiger partial charge in [-0.05, 0) is 26.3 Å². The highest BCUT2D eigenvalue weighted by Crippen LogP contribution is 2.42. The molecular weight excluding hydrogens is 230 g/mol. The van der Waals surface area contributed by atoms with Crippen LogP contribution in [-0.4, -0.2) is 24.7 Å². The summed E-state index contributed by atoms with van der Waals surface area (Å²) < 4.78 is 10.8. The molecule has 2 rings (SSSR count). The molecule has 1 aromatic rings. The Balaban J connectivity index is 1.96. The van der Waals surface area contributed by atoms with Gasteiger partial charge in [-0.1, -0.05) is 13.8 Å². The number of nitrogens with one attached hydrogen (secondary N) is 1. The highest BCUT2D eigenvalue weighted by Gasteiger charge is 2.49. The highest BCUT2D eigenvalue weighted by molar-refractivity contribution is 5.95. The van der Waals surface area contributed by atoms with Gasteiger partial charge in [0.2, 0.25) is 0 Å². The smallest absolute Gasteiger partial charge is 0.255 e. The topological polar surface area (TPSA) is 51.5 Å². The van der Waals surface area contributed by atoms with E-state index in [-0.39, 0.29) is 23.5 Å². The van der Waals surface area contributed by atoms with Crippen molar-refractivity contribution in [2.24, 2.45) is 5.41 Å². The lowest BCUT2D eigenvalue weighted by molar-refractivity contribution is -0.111. The fourth-order valence-corrected chi connectivity index (χ4v) is 2.47. The van der Waals surface area contributed by atoms with Crippen molar-refractivity contribution >= 4 is 5.91 Å². The fourth-order valence-electron chi connectivity index (χ4n) is 2.47. The molecule has 1 N–H and O–H groups in total. The maximum absolute atomic E-state index is 12.1. The third kappa shape index (κ3) is 2.17. The number of ether oxygens (including phenoxy) is 1. The summed E-state index contributed by atoms with van der Waals surface area (Å²) in [5.41, 5.74) is 0.606. The molecule has 4 heteroatoms. The minimum Gasteiger partial charge on any atom is -0.469 e. The van der Waals surface area contributed by atoms with Gasteiger partial charge < -0.3 is 14.5 Å². The summed E-state index contributed by atoms with van der Waals surface area (Å²) in [6.45, 7) is 8.77. The maximum atomic E-state index is 12.1. The van der Waals surface area contributed by atoms with Crippen molar-refractivity contribution in [2.75, 3.05) is 6.61 Å². The van der Waals surface area contributed by atoms with Crippen LogP contribution in [0.1, 0.15) is 43.3 Å². The molecule has 0 radical (unpaired) electrons. The molecule has 100 valence electrons. The van der Waals surface area contributed by atoms with Gasteiger partial charge >= 0.3 is 0 Å². The summed E-state index contributed by atoms with van der Waals surface area (Å²) in [5, 5.41) is 3.06. The van der Waals surface area contributed by atoms with E-state index in [9.17, 15) is 4.79 Å². The molecule has 4 nitrogen and oxygen atoms in total. The van der Waals surface area contributed by atoms with Crippen molar-refractivity contribution in [3.63, 3.8) is 0 Å². The van der Waals surface area contributed by atoms with Gasteiger partial charge in [-0.3, -0.25) is 4.79 Å². The zero-order chi connectivity index (χ0) is 13.3. The number of carbonyl (C=O) groups excluding carboxylic acids is 1. The SMILES string of the molecule is CCO[C@@H]1C[C@@H](NC(=O)c2ccoc2C)C1(C)C. The average Bonchev–Trinajstić information content (AvgIpc) is 2.74. The predicted octanol–water partition coefficient (Wildman–Crippen LogP) is 2.52. The van der Waals surface area contributed by atoms with Crippen molar-refractivity contribution in [3.8, 4) is 0 Å². The zero-order valence-corrected chi connectivity index (χ0v) is 11.4. The Bertz CT molecular complexity index is 436. The van der Waals surface area contributed by atoms with Crippen LogP contribution in [0.4, 0.5) is 0 Å². The molecule has 1 fully saturated rings. The van der Waals surface area contributed by atoms with E-state index in [1.807, 2.05) is 6.92 Å². The summed E-state index contributed by atoms with van der Waals surface area (Å²) in [5.74, 6) is 0.597. The van der Waals surface area contributed by atoms with Crippen LogP contribution in [0.15, 0.2) is 16.7 Å². The number of carbonyl (C=O) groups is 1. The van der Waals surface area contributed by atoms with Crippen molar-refractivity contribution in [3.05, 3.63) is 23.7 Å². The molecule has 0 unspecified atom stereocenters. The van der Waals surface area contributed by atoms with E-state index in [4.69, 9.17) is 9.15 Å². The molecule has 2 atom stereocenters. The third-order valence-corrected chi connectivity index (χ3v) is 3.95. The van der Waals surface area contributed by atoms with Crippen LogP contribution in [-0.2, 0) is 4.74 Å². The number of hydrogen-bond acceptors (Lipinski definition) is 3. The lowest BCUT2D eigenvalue weighted by Crippen LogP contribution is -2.62. The summed E-state index contributed by atoms with van der Waals surface area (Å²) >= 11 is 0. The molecule has 18 heavy (non-hydrogen) atoms. The third-order valence-electron chi connectivity index (χ3n) is 3.95. The molecule has 0 saturated heterocycles. The zero-order valence-electron chi connectivity index (χ0n) is 11.4. The number of amides is 1. The summed E-state index contributed by atoms with van der Waals surface area (Å²) in [4.78, 5) is 12.1. The first-order valence-corrected chi connectivity index (χ1v) is 6.43. The Kier molecular flexibility index (Phi) is 3.48. The molecule has 1 amide bonds. The van der Waals surface area contributed by atoms with E-state index in [1.54, 1.807) is 19.3 Å². The van der Waals surface area contributed by atoms with Crippen molar-refractivity contribution in [2.45, 2.75) is 46.3 Å².